The Hall–Kier alpha value is -3.10. The van der Waals surface area contributed by atoms with E-state index < -0.39 is 5.97 Å². The zero-order valence-electron chi connectivity index (χ0n) is 18.0. The third-order valence-corrected chi connectivity index (χ3v) is 8.05. The summed E-state index contributed by atoms with van der Waals surface area (Å²) in [4.78, 5) is 31.9. The average Bonchev–Trinajstić information content (AvgIpc) is 3.22. The molecule has 5 rings (SSSR count). The van der Waals surface area contributed by atoms with Crippen molar-refractivity contribution in [2.24, 2.45) is 0 Å². The van der Waals surface area contributed by atoms with Crippen LogP contribution in [0.3, 0.4) is 0 Å². The zero-order valence-corrected chi connectivity index (χ0v) is 19.7. The summed E-state index contributed by atoms with van der Waals surface area (Å²) in [7, 11) is 1.61. The monoisotopic (exact) mass is 478 g/mol. The molecule has 1 N–H and O–H groups in total. The number of carboxylic acids is 1. The van der Waals surface area contributed by atoms with E-state index in [0.29, 0.717) is 10.9 Å². The summed E-state index contributed by atoms with van der Waals surface area (Å²) in [5, 5.41) is 10.5. The number of methoxy groups -OCH3 is 1. The number of rotatable bonds is 6. The normalized spacial score (nSPS) is 13.1. The summed E-state index contributed by atoms with van der Waals surface area (Å²) < 4.78 is 6.98. The van der Waals surface area contributed by atoms with Gasteiger partial charge >= 0.3 is 5.97 Å². The molecule has 6 nitrogen and oxygen atoms in total. The number of aryl methyl sites for hydroxylation is 2. The van der Waals surface area contributed by atoms with E-state index in [0.717, 1.165) is 52.9 Å². The van der Waals surface area contributed by atoms with Crippen molar-refractivity contribution in [2.75, 3.05) is 7.11 Å². The molecule has 0 bridgehead atoms. The minimum Gasteiger partial charge on any atom is -0.497 e. The second-order valence-electron chi connectivity index (χ2n) is 7.91. The minimum absolute atomic E-state index is 0.0340. The molecule has 0 aliphatic heterocycles. The van der Waals surface area contributed by atoms with Crippen LogP contribution in [0.4, 0.5) is 0 Å². The van der Waals surface area contributed by atoms with Crippen molar-refractivity contribution in [1.29, 1.82) is 0 Å². The third-order valence-electron chi connectivity index (χ3n) is 5.86. The fourth-order valence-electron chi connectivity index (χ4n) is 4.13. The predicted octanol–water partition coefficient (Wildman–Crippen LogP) is 5.33. The lowest BCUT2D eigenvalue weighted by molar-refractivity contribution is 0.0697. The number of fused-ring (bicyclic) bond motifs is 3. The SMILES string of the molecule is COc1ccc(-n2c(SCc3ccc(C(=O)O)cc3)nc3sc4c(c3c2=O)CCCC4)cc1. The van der Waals surface area contributed by atoms with Crippen LogP contribution in [0.15, 0.2) is 58.5 Å². The fourth-order valence-corrected chi connectivity index (χ4v) is 6.40. The van der Waals surface area contributed by atoms with E-state index in [9.17, 15) is 9.59 Å². The number of benzene rings is 2. The summed E-state index contributed by atoms with van der Waals surface area (Å²) in [5.41, 5.74) is 3.10. The van der Waals surface area contributed by atoms with Gasteiger partial charge in [-0.15, -0.1) is 11.3 Å². The number of ether oxygens (including phenoxy) is 1. The number of thiophene rings is 1. The van der Waals surface area contributed by atoms with Crippen molar-refractivity contribution in [3.8, 4) is 11.4 Å². The van der Waals surface area contributed by atoms with Gasteiger partial charge in [-0.2, -0.15) is 0 Å². The van der Waals surface area contributed by atoms with Gasteiger partial charge in [0.05, 0.1) is 23.7 Å². The second kappa shape index (κ2) is 9.03. The van der Waals surface area contributed by atoms with Gasteiger partial charge < -0.3 is 9.84 Å². The molecular weight excluding hydrogens is 456 g/mol. The molecule has 8 heteroatoms. The van der Waals surface area contributed by atoms with Gasteiger partial charge in [-0.1, -0.05) is 23.9 Å². The van der Waals surface area contributed by atoms with Gasteiger partial charge in [0.25, 0.3) is 5.56 Å². The summed E-state index contributed by atoms with van der Waals surface area (Å²) in [6.45, 7) is 0. The van der Waals surface area contributed by atoms with Crippen molar-refractivity contribution in [2.45, 2.75) is 36.6 Å². The Morgan fingerprint density at radius 3 is 2.55 bits per heavy atom. The van der Waals surface area contributed by atoms with Crippen LogP contribution in [0.25, 0.3) is 15.9 Å². The molecule has 2 aromatic heterocycles. The average molecular weight is 479 g/mol. The smallest absolute Gasteiger partial charge is 0.335 e. The number of hydrogen-bond acceptors (Lipinski definition) is 6. The molecule has 33 heavy (non-hydrogen) atoms. The van der Waals surface area contributed by atoms with E-state index >= 15 is 0 Å². The Morgan fingerprint density at radius 1 is 1.12 bits per heavy atom. The number of aromatic carboxylic acids is 1. The fraction of sp³-hybridized carbons (Fsp3) is 0.240. The molecule has 2 aromatic carbocycles. The molecule has 0 amide bonds. The summed E-state index contributed by atoms with van der Waals surface area (Å²) >= 11 is 3.12. The van der Waals surface area contributed by atoms with Gasteiger partial charge in [0.1, 0.15) is 10.6 Å². The number of nitrogens with zero attached hydrogens (tertiary/aromatic N) is 2. The highest BCUT2D eigenvalue weighted by Gasteiger charge is 2.23. The topological polar surface area (TPSA) is 81.4 Å². The van der Waals surface area contributed by atoms with Gasteiger partial charge in [0.2, 0.25) is 0 Å². The van der Waals surface area contributed by atoms with E-state index in [-0.39, 0.29) is 11.1 Å². The molecule has 4 aromatic rings. The van der Waals surface area contributed by atoms with Crippen molar-refractivity contribution in [3.05, 3.63) is 80.5 Å². The second-order valence-corrected chi connectivity index (χ2v) is 9.94. The quantitative estimate of drug-likeness (QED) is 0.298. The molecule has 0 spiro atoms. The number of hydrogen-bond donors (Lipinski definition) is 1. The Labute approximate surface area is 198 Å². The Morgan fingerprint density at radius 2 is 1.85 bits per heavy atom. The van der Waals surface area contributed by atoms with Crippen molar-refractivity contribution in [3.63, 3.8) is 0 Å². The lowest BCUT2D eigenvalue weighted by atomic mass is 9.97. The largest absolute Gasteiger partial charge is 0.497 e. The van der Waals surface area contributed by atoms with Crippen LogP contribution in [-0.4, -0.2) is 27.7 Å². The lowest BCUT2D eigenvalue weighted by Crippen LogP contribution is -2.22. The van der Waals surface area contributed by atoms with Crippen LogP contribution < -0.4 is 10.3 Å². The first kappa shape index (κ1) is 21.7. The van der Waals surface area contributed by atoms with Crippen molar-refractivity contribution >= 4 is 39.3 Å². The standard InChI is InChI=1S/C25H22N2O4S2/c1-31-18-12-10-17(11-13-18)27-23(28)21-19-4-2-3-5-20(19)33-22(21)26-25(27)32-14-15-6-8-16(9-7-15)24(29)30/h6-13H,2-5,14H2,1H3,(H,29,30). The van der Waals surface area contributed by atoms with Crippen LogP contribution in [0, 0.1) is 0 Å². The summed E-state index contributed by atoms with van der Waals surface area (Å²) in [5.74, 6) is 0.344. The van der Waals surface area contributed by atoms with Gasteiger partial charge in [-0.3, -0.25) is 9.36 Å². The highest BCUT2D eigenvalue weighted by atomic mass is 32.2. The molecule has 168 valence electrons. The highest BCUT2D eigenvalue weighted by molar-refractivity contribution is 7.98. The maximum atomic E-state index is 13.8. The Bertz CT molecular complexity index is 1390. The molecule has 0 saturated heterocycles. The Balaban J connectivity index is 1.59. The maximum absolute atomic E-state index is 13.8. The number of thioether (sulfide) groups is 1. The predicted molar refractivity (Wildman–Crippen MR) is 131 cm³/mol. The first-order valence-electron chi connectivity index (χ1n) is 10.7. The van der Waals surface area contributed by atoms with Crippen LogP contribution in [0.1, 0.15) is 39.2 Å². The summed E-state index contributed by atoms with van der Waals surface area (Å²) in [6, 6.07) is 14.2. The van der Waals surface area contributed by atoms with Gasteiger partial charge in [-0.25, -0.2) is 9.78 Å². The number of aromatic nitrogens is 2. The molecule has 0 unspecified atom stereocenters. The molecule has 1 aliphatic carbocycles. The zero-order chi connectivity index (χ0) is 22.9. The third kappa shape index (κ3) is 4.16. The van der Waals surface area contributed by atoms with Crippen LogP contribution >= 0.6 is 23.1 Å². The minimum atomic E-state index is -0.948. The van der Waals surface area contributed by atoms with Crippen molar-refractivity contribution < 1.29 is 14.6 Å². The summed E-state index contributed by atoms with van der Waals surface area (Å²) in [6.07, 6.45) is 4.19. The highest BCUT2D eigenvalue weighted by Crippen LogP contribution is 2.35. The van der Waals surface area contributed by atoms with E-state index in [1.807, 2.05) is 24.3 Å². The molecule has 0 saturated carbocycles. The van der Waals surface area contributed by atoms with Crippen LogP contribution in [0.2, 0.25) is 0 Å². The molecule has 2 heterocycles. The van der Waals surface area contributed by atoms with Crippen LogP contribution in [0.5, 0.6) is 5.75 Å². The molecule has 0 fully saturated rings. The van der Waals surface area contributed by atoms with Crippen molar-refractivity contribution in [1.82, 2.24) is 9.55 Å². The number of carboxylic acid groups (broad SMARTS) is 1. The van der Waals surface area contributed by atoms with E-state index in [2.05, 4.69) is 0 Å². The number of carbonyl (C=O) groups is 1. The Kier molecular flexibility index (Phi) is 5.95. The molecular formula is C25H22N2O4S2. The molecule has 0 radical (unpaired) electrons. The van der Waals surface area contributed by atoms with Gasteiger partial charge in [-0.05, 0) is 73.2 Å². The van der Waals surface area contributed by atoms with Gasteiger partial charge in [0.15, 0.2) is 5.16 Å². The van der Waals surface area contributed by atoms with Crippen LogP contribution in [-0.2, 0) is 18.6 Å². The lowest BCUT2D eigenvalue weighted by Gasteiger charge is -2.14. The van der Waals surface area contributed by atoms with E-state index in [1.54, 1.807) is 47.3 Å². The first-order chi connectivity index (χ1) is 16.0. The van der Waals surface area contributed by atoms with E-state index in [1.165, 1.54) is 22.2 Å². The molecule has 0 atom stereocenters. The first-order valence-corrected chi connectivity index (χ1v) is 12.5. The molecule has 1 aliphatic rings. The van der Waals surface area contributed by atoms with Gasteiger partial charge in [0, 0.05) is 10.6 Å². The maximum Gasteiger partial charge on any atom is 0.335 e. The van der Waals surface area contributed by atoms with E-state index in [4.69, 9.17) is 14.8 Å².